The molecule has 2 saturated carbocycles. The maximum absolute atomic E-state index is 2.50. The molecular weight excluding hydrogens is 144 g/mol. The fraction of sp³-hybridized carbons (Fsp3) is 1.00. The van der Waals surface area contributed by atoms with Crippen molar-refractivity contribution in [2.45, 2.75) is 47.5 Å². The first-order valence-electron chi connectivity index (χ1n) is 5.40. The van der Waals surface area contributed by atoms with E-state index < -0.39 is 0 Å². The van der Waals surface area contributed by atoms with E-state index in [1.807, 2.05) is 0 Å². The van der Waals surface area contributed by atoms with Crippen molar-refractivity contribution in [1.82, 2.24) is 0 Å². The molecule has 0 heterocycles. The van der Waals surface area contributed by atoms with E-state index >= 15 is 0 Å². The van der Waals surface area contributed by atoms with Crippen LogP contribution in [0, 0.1) is 28.6 Å². The monoisotopic (exact) mass is 166 g/mol. The lowest BCUT2D eigenvalue weighted by Crippen LogP contribution is -2.36. The Morgan fingerprint density at radius 2 is 1.92 bits per heavy atom. The zero-order chi connectivity index (χ0) is 9.15. The summed E-state index contributed by atoms with van der Waals surface area (Å²) in [6.45, 7) is 12.1. The molecule has 0 aromatic carbocycles. The van der Waals surface area contributed by atoms with E-state index in [1.165, 1.54) is 12.8 Å². The summed E-state index contributed by atoms with van der Waals surface area (Å²) in [5.41, 5.74) is 1.48. The molecule has 0 saturated heterocycles. The van der Waals surface area contributed by atoms with E-state index in [9.17, 15) is 0 Å². The van der Waals surface area contributed by atoms with Crippen molar-refractivity contribution < 1.29 is 0 Å². The summed E-state index contributed by atoms with van der Waals surface area (Å²) in [7, 11) is 0. The second-order valence-corrected chi connectivity index (χ2v) is 6.20. The molecular formula is C12H22. The van der Waals surface area contributed by atoms with E-state index in [2.05, 4.69) is 34.6 Å². The molecule has 4 atom stereocenters. The first kappa shape index (κ1) is 8.59. The highest BCUT2D eigenvalue weighted by Crippen LogP contribution is 2.81. The lowest BCUT2D eigenvalue weighted by Gasteiger charge is -2.44. The average molecular weight is 166 g/mol. The maximum Gasteiger partial charge on any atom is -0.0256 e. The van der Waals surface area contributed by atoms with Crippen LogP contribution < -0.4 is 0 Å². The van der Waals surface area contributed by atoms with Gasteiger partial charge in [0.2, 0.25) is 0 Å². The van der Waals surface area contributed by atoms with E-state index in [-0.39, 0.29) is 0 Å². The standard InChI is InChI=1S/C12H22/c1-8(2)6-11(4)7-12(5)9(3)10(11)12/h8-10H,6-7H2,1-5H3. The molecule has 2 fully saturated rings. The first-order chi connectivity index (χ1) is 5.40. The summed E-state index contributed by atoms with van der Waals surface area (Å²) in [5, 5.41) is 0. The van der Waals surface area contributed by atoms with Gasteiger partial charge in [0.05, 0.1) is 0 Å². The van der Waals surface area contributed by atoms with Crippen molar-refractivity contribution in [2.24, 2.45) is 28.6 Å². The van der Waals surface area contributed by atoms with Crippen LogP contribution >= 0.6 is 0 Å². The summed E-state index contributed by atoms with van der Waals surface area (Å²) in [5.74, 6) is 2.96. The van der Waals surface area contributed by atoms with Gasteiger partial charge in [-0.1, -0.05) is 34.6 Å². The normalized spacial score (nSPS) is 56.5. The molecule has 2 aliphatic carbocycles. The van der Waals surface area contributed by atoms with Gasteiger partial charge >= 0.3 is 0 Å². The van der Waals surface area contributed by atoms with Crippen LogP contribution in [-0.2, 0) is 0 Å². The second kappa shape index (κ2) is 2.08. The molecule has 0 spiro atoms. The molecule has 70 valence electrons. The Morgan fingerprint density at radius 3 is 2.17 bits per heavy atom. The Hall–Kier alpha value is 0. The van der Waals surface area contributed by atoms with E-state index in [4.69, 9.17) is 0 Å². The smallest absolute Gasteiger partial charge is 0.0256 e. The molecule has 0 aliphatic heterocycles. The largest absolute Gasteiger partial charge is 0.0628 e. The van der Waals surface area contributed by atoms with Gasteiger partial charge in [-0.25, -0.2) is 0 Å². The SMILES string of the molecule is CC(C)CC1(C)CC2(C)C(C)C12. The van der Waals surface area contributed by atoms with Gasteiger partial charge in [0, 0.05) is 0 Å². The van der Waals surface area contributed by atoms with Crippen molar-refractivity contribution in [3.63, 3.8) is 0 Å². The molecule has 0 aromatic heterocycles. The summed E-state index contributed by atoms with van der Waals surface area (Å²) >= 11 is 0. The van der Waals surface area contributed by atoms with Gasteiger partial charge < -0.3 is 0 Å². The summed E-state index contributed by atoms with van der Waals surface area (Å²) in [6.07, 6.45) is 2.93. The van der Waals surface area contributed by atoms with Gasteiger partial charge in [-0.3, -0.25) is 0 Å². The average Bonchev–Trinajstić information content (AvgIpc) is 2.26. The Bertz CT molecular complexity index is 202. The molecule has 0 bridgehead atoms. The Balaban J connectivity index is 2.01. The fourth-order valence-corrected chi connectivity index (χ4v) is 4.45. The highest BCUT2D eigenvalue weighted by Gasteiger charge is 2.74. The minimum Gasteiger partial charge on any atom is -0.0628 e. The van der Waals surface area contributed by atoms with Crippen LogP contribution in [0.25, 0.3) is 0 Å². The fourth-order valence-electron chi connectivity index (χ4n) is 4.45. The van der Waals surface area contributed by atoms with Gasteiger partial charge in [0.25, 0.3) is 0 Å². The minimum absolute atomic E-state index is 0.711. The highest BCUT2D eigenvalue weighted by atomic mass is 14.8. The third-order valence-electron chi connectivity index (χ3n) is 4.55. The van der Waals surface area contributed by atoms with Crippen LogP contribution in [0.3, 0.4) is 0 Å². The summed E-state index contributed by atoms with van der Waals surface area (Å²) in [4.78, 5) is 0. The number of rotatable bonds is 2. The molecule has 0 aromatic rings. The Morgan fingerprint density at radius 1 is 1.33 bits per heavy atom. The molecule has 12 heavy (non-hydrogen) atoms. The summed E-state index contributed by atoms with van der Waals surface area (Å²) < 4.78 is 0. The van der Waals surface area contributed by atoms with Crippen molar-refractivity contribution in [2.75, 3.05) is 0 Å². The van der Waals surface area contributed by atoms with Crippen LogP contribution in [0.4, 0.5) is 0 Å². The topological polar surface area (TPSA) is 0 Å². The van der Waals surface area contributed by atoms with E-state index in [1.54, 1.807) is 0 Å². The van der Waals surface area contributed by atoms with Crippen LogP contribution in [0.5, 0.6) is 0 Å². The van der Waals surface area contributed by atoms with Crippen LogP contribution in [-0.4, -0.2) is 0 Å². The molecule has 4 unspecified atom stereocenters. The zero-order valence-corrected chi connectivity index (χ0v) is 9.15. The first-order valence-corrected chi connectivity index (χ1v) is 5.40. The highest BCUT2D eigenvalue weighted by molar-refractivity contribution is 5.22. The quantitative estimate of drug-likeness (QED) is 0.586. The van der Waals surface area contributed by atoms with Crippen molar-refractivity contribution in [3.8, 4) is 0 Å². The van der Waals surface area contributed by atoms with Gasteiger partial charge in [-0.15, -0.1) is 0 Å². The third-order valence-corrected chi connectivity index (χ3v) is 4.55. The number of hydrogen-bond acceptors (Lipinski definition) is 0. The number of hydrogen-bond donors (Lipinski definition) is 0. The maximum atomic E-state index is 2.50. The van der Waals surface area contributed by atoms with Crippen molar-refractivity contribution in [3.05, 3.63) is 0 Å². The van der Waals surface area contributed by atoms with Gasteiger partial charge in [0.1, 0.15) is 0 Å². The van der Waals surface area contributed by atoms with Crippen molar-refractivity contribution >= 4 is 0 Å². The summed E-state index contributed by atoms with van der Waals surface area (Å²) in [6, 6.07) is 0. The zero-order valence-electron chi connectivity index (χ0n) is 9.15. The Kier molecular flexibility index (Phi) is 1.49. The molecule has 2 rings (SSSR count). The predicted molar refractivity (Wildman–Crippen MR) is 52.9 cm³/mol. The van der Waals surface area contributed by atoms with E-state index in [0.717, 1.165) is 23.2 Å². The third kappa shape index (κ3) is 0.843. The lowest BCUT2D eigenvalue weighted by atomic mass is 9.61. The number of fused-ring (bicyclic) bond motifs is 1. The second-order valence-electron chi connectivity index (χ2n) is 6.20. The van der Waals surface area contributed by atoms with Crippen molar-refractivity contribution in [1.29, 1.82) is 0 Å². The molecule has 0 radical (unpaired) electrons. The molecule has 0 nitrogen and oxygen atoms in total. The minimum atomic E-state index is 0.711. The molecule has 2 aliphatic rings. The van der Waals surface area contributed by atoms with Crippen LogP contribution in [0.15, 0.2) is 0 Å². The van der Waals surface area contributed by atoms with Gasteiger partial charge in [0.15, 0.2) is 0 Å². The predicted octanol–water partition coefficient (Wildman–Crippen LogP) is 3.71. The van der Waals surface area contributed by atoms with E-state index in [0.29, 0.717) is 5.41 Å². The molecule has 0 amide bonds. The van der Waals surface area contributed by atoms with Gasteiger partial charge in [-0.05, 0) is 41.4 Å². The molecule has 0 heteroatoms. The Labute approximate surface area is 76.7 Å². The van der Waals surface area contributed by atoms with Crippen LogP contribution in [0.2, 0.25) is 0 Å². The lowest BCUT2D eigenvalue weighted by molar-refractivity contribution is 0.0519. The van der Waals surface area contributed by atoms with Crippen LogP contribution in [0.1, 0.15) is 47.5 Å². The van der Waals surface area contributed by atoms with Gasteiger partial charge in [-0.2, -0.15) is 0 Å². The molecule has 0 N–H and O–H groups in total.